The van der Waals surface area contributed by atoms with Crippen LogP contribution in [0, 0.1) is 18.3 Å². The van der Waals surface area contributed by atoms with Gasteiger partial charge in [0.05, 0.1) is 12.2 Å². The number of nitrogens with two attached hydrogens (primary N) is 1. The van der Waals surface area contributed by atoms with Gasteiger partial charge in [0.15, 0.2) is 0 Å². The molecule has 0 spiro atoms. The van der Waals surface area contributed by atoms with Crippen molar-refractivity contribution >= 4 is 11.7 Å². The van der Waals surface area contributed by atoms with Crippen LogP contribution in [0.1, 0.15) is 24.0 Å². The zero-order valence-corrected chi connectivity index (χ0v) is 11.6. The van der Waals surface area contributed by atoms with Crippen LogP contribution >= 0.6 is 0 Å². The maximum Gasteiger partial charge on any atom is 0.139 e. The molecule has 19 heavy (non-hydrogen) atoms. The Morgan fingerprint density at radius 1 is 1.58 bits per heavy atom. The first kappa shape index (κ1) is 13.8. The molecule has 0 aliphatic heterocycles. The lowest BCUT2D eigenvalue weighted by Crippen LogP contribution is -2.27. The first-order chi connectivity index (χ1) is 9.09. The van der Waals surface area contributed by atoms with E-state index >= 15 is 0 Å². The van der Waals surface area contributed by atoms with Crippen molar-refractivity contribution in [2.24, 2.45) is 11.7 Å². The van der Waals surface area contributed by atoms with Crippen LogP contribution in [0.25, 0.3) is 0 Å². The van der Waals surface area contributed by atoms with Crippen LogP contribution in [0.2, 0.25) is 0 Å². The third-order valence-corrected chi connectivity index (χ3v) is 3.39. The van der Waals surface area contributed by atoms with Crippen LogP contribution < -0.4 is 10.6 Å². The maximum atomic E-state index is 7.67. The van der Waals surface area contributed by atoms with Gasteiger partial charge in [-0.25, -0.2) is 4.98 Å². The Morgan fingerprint density at radius 3 is 2.95 bits per heavy atom. The van der Waals surface area contributed by atoms with Gasteiger partial charge in [-0.3, -0.25) is 5.41 Å². The topological polar surface area (TPSA) is 75.2 Å². The van der Waals surface area contributed by atoms with Gasteiger partial charge in [0.25, 0.3) is 0 Å². The van der Waals surface area contributed by atoms with Crippen molar-refractivity contribution in [3.8, 4) is 0 Å². The van der Waals surface area contributed by atoms with Gasteiger partial charge in [0.2, 0.25) is 0 Å². The molecule has 0 amide bonds. The molecule has 0 saturated heterocycles. The fraction of sp³-hybridized carbons (Fsp3) is 0.571. The van der Waals surface area contributed by atoms with Crippen molar-refractivity contribution in [2.45, 2.75) is 19.8 Å². The molecule has 1 fully saturated rings. The van der Waals surface area contributed by atoms with E-state index < -0.39 is 0 Å². The Kier molecular flexibility index (Phi) is 4.37. The molecule has 104 valence electrons. The molecule has 5 heteroatoms. The van der Waals surface area contributed by atoms with Crippen LogP contribution in [0.15, 0.2) is 12.3 Å². The predicted molar refractivity (Wildman–Crippen MR) is 76.8 cm³/mol. The summed E-state index contributed by atoms with van der Waals surface area (Å²) < 4.78 is 5.63. The van der Waals surface area contributed by atoms with Crippen molar-refractivity contribution in [1.82, 2.24) is 4.98 Å². The number of aromatic nitrogens is 1. The van der Waals surface area contributed by atoms with Crippen molar-refractivity contribution < 1.29 is 4.74 Å². The van der Waals surface area contributed by atoms with Crippen LogP contribution in [-0.4, -0.2) is 37.6 Å². The zero-order valence-electron chi connectivity index (χ0n) is 11.6. The molecule has 2 rings (SSSR count). The summed E-state index contributed by atoms with van der Waals surface area (Å²) in [7, 11) is 1.95. The number of hydrogen-bond donors (Lipinski definition) is 2. The Labute approximate surface area is 114 Å². The monoisotopic (exact) mass is 262 g/mol. The standard InChI is InChI=1S/C14H22N4O/c1-10-5-6-17-14(12(10)13(15)16)18(2)7-8-19-9-11-3-4-11/h5-6,11H,3-4,7-9H2,1-2H3,(H3,15,16). The van der Waals surface area contributed by atoms with E-state index in [4.69, 9.17) is 15.9 Å². The molecule has 0 radical (unpaired) electrons. The molecule has 5 nitrogen and oxygen atoms in total. The van der Waals surface area contributed by atoms with E-state index in [-0.39, 0.29) is 5.84 Å². The summed E-state index contributed by atoms with van der Waals surface area (Å²) in [6, 6.07) is 1.87. The van der Waals surface area contributed by atoms with E-state index in [2.05, 4.69) is 4.98 Å². The highest BCUT2D eigenvalue weighted by Gasteiger charge is 2.21. The lowest BCUT2D eigenvalue weighted by atomic mass is 10.1. The minimum atomic E-state index is 0.0614. The van der Waals surface area contributed by atoms with Gasteiger partial charge in [-0.05, 0) is 37.3 Å². The molecule has 1 aromatic heterocycles. The predicted octanol–water partition coefficient (Wildman–Crippen LogP) is 1.54. The molecule has 0 bridgehead atoms. The lowest BCUT2D eigenvalue weighted by Gasteiger charge is -2.21. The number of nitrogen functional groups attached to an aromatic ring is 1. The van der Waals surface area contributed by atoms with Crippen molar-refractivity contribution in [2.75, 3.05) is 31.7 Å². The number of aryl methyl sites for hydroxylation is 1. The van der Waals surface area contributed by atoms with E-state index in [1.807, 2.05) is 24.9 Å². The minimum Gasteiger partial charge on any atom is -0.384 e. The average Bonchev–Trinajstić information content (AvgIpc) is 3.17. The second-order valence-electron chi connectivity index (χ2n) is 5.18. The molecule has 1 heterocycles. The Morgan fingerprint density at radius 2 is 2.32 bits per heavy atom. The largest absolute Gasteiger partial charge is 0.384 e. The van der Waals surface area contributed by atoms with Gasteiger partial charge in [-0.1, -0.05) is 0 Å². The Bertz CT molecular complexity index is 457. The summed E-state index contributed by atoms with van der Waals surface area (Å²) in [5.41, 5.74) is 7.33. The number of ether oxygens (including phenoxy) is 1. The molecule has 1 aliphatic carbocycles. The van der Waals surface area contributed by atoms with Gasteiger partial charge < -0.3 is 15.4 Å². The van der Waals surface area contributed by atoms with E-state index in [1.165, 1.54) is 12.8 Å². The fourth-order valence-corrected chi connectivity index (χ4v) is 2.01. The van der Waals surface area contributed by atoms with Gasteiger partial charge in [0.1, 0.15) is 11.7 Å². The third kappa shape index (κ3) is 3.67. The van der Waals surface area contributed by atoms with Crippen LogP contribution in [0.3, 0.4) is 0 Å². The molecular weight excluding hydrogens is 240 g/mol. The number of pyridine rings is 1. The second kappa shape index (κ2) is 6.02. The SMILES string of the molecule is Cc1ccnc(N(C)CCOCC2CC2)c1C(=N)N. The first-order valence-corrected chi connectivity index (χ1v) is 6.68. The van der Waals surface area contributed by atoms with Gasteiger partial charge in [-0.15, -0.1) is 0 Å². The van der Waals surface area contributed by atoms with Crippen LogP contribution in [0.5, 0.6) is 0 Å². The van der Waals surface area contributed by atoms with Crippen LogP contribution in [0.4, 0.5) is 5.82 Å². The maximum absolute atomic E-state index is 7.67. The first-order valence-electron chi connectivity index (χ1n) is 6.68. The molecule has 3 N–H and O–H groups in total. The summed E-state index contributed by atoms with van der Waals surface area (Å²) in [6.07, 6.45) is 4.37. The highest BCUT2D eigenvalue weighted by molar-refractivity contribution is 6.00. The Hall–Kier alpha value is -1.62. The third-order valence-electron chi connectivity index (χ3n) is 3.39. The molecule has 0 atom stereocenters. The molecule has 0 aromatic carbocycles. The zero-order chi connectivity index (χ0) is 13.8. The summed E-state index contributed by atoms with van der Waals surface area (Å²) in [5, 5.41) is 7.67. The Balaban J connectivity index is 1.95. The summed E-state index contributed by atoms with van der Waals surface area (Å²) >= 11 is 0. The average molecular weight is 262 g/mol. The molecule has 1 aliphatic rings. The number of anilines is 1. The van der Waals surface area contributed by atoms with Gasteiger partial charge >= 0.3 is 0 Å². The normalized spacial score (nSPS) is 14.4. The summed E-state index contributed by atoms with van der Waals surface area (Å²) in [5.74, 6) is 1.60. The van der Waals surface area contributed by atoms with E-state index in [0.717, 1.165) is 30.5 Å². The van der Waals surface area contributed by atoms with Crippen molar-refractivity contribution in [1.29, 1.82) is 5.41 Å². The van der Waals surface area contributed by atoms with Gasteiger partial charge in [0, 0.05) is 26.4 Å². The quantitative estimate of drug-likeness (QED) is 0.444. The number of nitrogens with zero attached hydrogens (tertiary/aromatic N) is 2. The van der Waals surface area contributed by atoms with Crippen LogP contribution in [-0.2, 0) is 4.74 Å². The van der Waals surface area contributed by atoms with E-state index in [9.17, 15) is 0 Å². The fourth-order valence-electron chi connectivity index (χ4n) is 2.01. The number of hydrogen-bond acceptors (Lipinski definition) is 4. The highest BCUT2D eigenvalue weighted by Crippen LogP contribution is 2.28. The summed E-state index contributed by atoms with van der Waals surface area (Å²) in [4.78, 5) is 6.33. The van der Waals surface area contributed by atoms with Crippen molar-refractivity contribution in [3.05, 3.63) is 23.4 Å². The second-order valence-corrected chi connectivity index (χ2v) is 5.18. The number of amidine groups is 1. The minimum absolute atomic E-state index is 0.0614. The van der Waals surface area contributed by atoms with Crippen molar-refractivity contribution in [3.63, 3.8) is 0 Å². The number of likely N-dealkylation sites (N-methyl/N-ethyl adjacent to an activating group) is 1. The molecule has 1 saturated carbocycles. The highest BCUT2D eigenvalue weighted by atomic mass is 16.5. The lowest BCUT2D eigenvalue weighted by molar-refractivity contribution is 0.131. The summed E-state index contributed by atoms with van der Waals surface area (Å²) in [6.45, 7) is 4.25. The van der Waals surface area contributed by atoms with E-state index in [1.54, 1.807) is 6.20 Å². The molecule has 1 aromatic rings. The number of nitrogens with one attached hydrogen (secondary N) is 1. The molecule has 0 unspecified atom stereocenters. The molecular formula is C14H22N4O. The van der Waals surface area contributed by atoms with Gasteiger partial charge in [-0.2, -0.15) is 0 Å². The number of rotatable bonds is 7. The smallest absolute Gasteiger partial charge is 0.139 e. The van der Waals surface area contributed by atoms with E-state index in [0.29, 0.717) is 12.2 Å².